The molecule has 3 nitrogen and oxygen atoms in total. The summed E-state index contributed by atoms with van der Waals surface area (Å²) in [7, 11) is 3.24. The first-order valence-corrected chi connectivity index (χ1v) is 7.68. The van der Waals surface area contributed by atoms with Gasteiger partial charge >= 0.3 is 0 Å². The fraction of sp³-hybridized carbons (Fsp3) is 0.824. The molecule has 2 aliphatic carbocycles. The van der Waals surface area contributed by atoms with Gasteiger partial charge < -0.3 is 9.47 Å². The number of ether oxygens (including phenoxy) is 2. The normalized spacial score (nSPS) is 37.8. The molecule has 114 valence electrons. The molecule has 0 saturated heterocycles. The molecule has 0 amide bonds. The average molecular weight is 280 g/mol. The molecule has 1 fully saturated rings. The summed E-state index contributed by atoms with van der Waals surface area (Å²) in [5, 5.41) is 0. The van der Waals surface area contributed by atoms with E-state index in [0.29, 0.717) is 18.1 Å². The lowest BCUT2D eigenvalue weighted by atomic mass is 9.48. The Kier molecular flexibility index (Phi) is 4.41. The number of hydrogen-bond acceptors (Lipinski definition) is 3. The lowest BCUT2D eigenvalue weighted by molar-refractivity contribution is -0.143. The number of carbonyl (C=O) groups excluding carboxylic acids is 1. The maximum absolute atomic E-state index is 13.0. The summed E-state index contributed by atoms with van der Waals surface area (Å²) >= 11 is 0. The number of Topliss-reactive ketones (excluding diaryl/α,β-unsaturated/α-hetero) is 1. The summed E-state index contributed by atoms with van der Waals surface area (Å²) in [5.41, 5.74) is 0.773. The van der Waals surface area contributed by atoms with E-state index in [2.05, 4.69) is 26.8 Å². The van der Waals surface area contributed by atoms with Crippen molar-refractivity contribution in [1.29, 1.82) is 0 Å². The number of methoxy groups -OCH3 is 2. The third-order valence-electron chi connectivity index (χ3n) is 6.14. The van der Waals surface area contributed by atoms with E-state index in [1.54, 1.807) is 14.2 Å². The molecular weight excluding hydrogens is 252 g/mol. The molecule has 0 heterocycles. The van der Waals surface area contributed by atoms with Crippen molar-refractivity contribution in [2.75, 3.05) is 14.2 Å². The molecule has 0 bridgehead atoms. The van der Waals surface area contributed by atoms with E-state index in [1.165, 1.54) is 6.42 Å². The predicted molar refractivity (Wildman–Crippen MR) is 79.4 cm³/mol. The van der Waals surface area contributed by atoms with Crippen molar-refractivity contribution < 1.29 is 14.3 Å². The quantitative estimate of drug-likeness (QED) is 0.736. The minimum absolute atomic E-state index is 0.0987. The minimum atomic E-state index is -0.320. The van der Waals surface area contributed by atoms with Crippen LogP contribution >= 0.6 is 0 Å². The zero-order valence-corrected chi connectivity index (χ0v) is 13.5. The Morgan fingerprint density at radius 3 is 2.60 bits per heavy atom. The number of ketones is 1. The fourth-order valence-corrected chi connectivity index (χ4v) is 4.11. The minimum Gasteiger partial charge on any atom is -0.356 e. The van der Waals surface area contributed by atoms with Gasteiger partial charge in [-0.25, -0.2) is 0 Å². The molecule has 0 N–H and O–H groups in total. The van der Waals surface area contributed by atoms with Gasteiger partial charge in [-0.05, 0) is 29.7 Å². The molecular formula is C17H28O3. The second-order valence-corrected chi connectivity index (χ2v) is 6.91. The summed E-state index contributed by atoms with van der Waals surface area (Å²) in [6, 6.07) is 0. The molecule has 2 rings (SSSR count). The van der Waals surface area contributed by atoms with Gasteiger partial charge in [0.2, 0.25) is 0 Å². The predicted octanol–water partition coefficient (Wildman–Crippen LogP) is 3.73. The highest BCUT2D eigenvalue weighted by Crippen LogP contribution is 2.59. The molecule has 2 aliphatic rings. The highest BCUT2D eigenvalue weighted by atomic mass is 16.7. The summed E-state index contributed by atoms with van der Waals surface area (Å²) in [6.45, 7) is 6.77. The van der Waals surface area contributed by atoms with Gasteiger partial charge in [0.25, 0.3) is 0 Å². The van der Waals surface area contributed by atoms with Crippen LogP contribution in [-0.4, -0.2) is 26.3 Å². The molecule has 20 heavy (non-hydrogen) atoms. The van der Waals surface area contributed by atoms with Gasteiger partial charge in [0, 0.05) is 26.1 Å². The van der Waals surface area contributed by atoms with E-state index in [-0.39, 0.29) is 17.1 Å². The van der Waals surface area contributed by atoms with E-state index in [0.717, 1.165) is 24.8 Å². The molecule has 0 aliphatic heterocycles. The molecule has 3 atom stereocenters. The van der Waals surface area contributed by atoms with Crippen LogP contribution < -0.4 is 0 Å². The summed E-state index contributed by atoms with van der Waals surface area (Å²) in [5.74, 6) is 0.917. The largest absolute Gasteiger partial charge is 0.356 e. The van der Waals surface area contributed by atoms with Crippen LogP contribution in [0.4, 0.5) is 0 Å². The summed E-state index contributed by atoms with van der Waals surface area (Å²) in [6.07, 6.45) is 6.77. The Bertz CT molecular complexity index is 410. The van der Waals surface area contributed by atoms with E-state index in [4.69, 9.17) is 9.47 Å². The first-order chi connectivity index (χ1) is 9.39. The zero-order chi connectivity index (χ0) is 15.0. The third-order valence-corrected chi connectivity index (χ3v) is 6.14. The van der Waals surface area contributed by atoms with Gasteiger partial charge in [-0.3, -0.25) is 4.79 Å². The van der Waals surface area contributed by atoms with Crippen molar-refractivity contribution in [3.63, 3.8) is 0 Å². The highest BCUT2D eigenvalue weighted by molar-refractivity contribution is 6.01. The van der Waals surface area contributed by atoms with Crippen LogP contribution in [0.25, 0.3) is 0 Å². The van der Waals surface area contributed by atoms with Gasteiger partial charge in [-0.15, -0.1) is 0 Å². The van der Waals surface area contributed by atoms with Crippen LogP contribution in [0.2, 0.25) is 0 Å². The first kappa shape index (κ1) is 15.7. The monoisotopic (exact) mass is 280 g/mol. The van der Waals surface area contributed by atoms with Crippen molar-refractivity contribution in [2.45, 2.75) is 59.2 Å². The maximum Gasteiger partial charge on any atom is 0.165 e. The number of rotatable bonds is 4. The molecule has 0 aromatic rings. The van der Waals surface area contributed by atoms with Gasteiger partial charge in [0.1, 0.15) is 0 Å². The van der Waals surface area contributed by atoms with Crippen LogP contribution in [0.3, 0.4) is 0 Å². The van der Waals surface area contributed by atoms with Crippen LogP contribution in [0, 0.1) is 16.7 Å². The number of fused-ring (bicyclic) bond motifs is 1. The summed E-state index contributed by atoms with van der Waals surface area (Å²) < 4.78 is 10.5. The Hall–Kier alpha value is -0.670. The van der Waals surface area contributed by atoms with Crippen molar-refractivity contribution in [3.8, 4) is 0 Å². The van der Waals surface area contributed by atoms with Crippen molar-refractivity contribution >= 4 is 5.78 Å². The maximum atomic E-state index is 13.0. The third kappa shape index (κ3) is 2.25. The number of allylic oxidation sites excluding steroid dienone is 1. The van der Waals surface area contributed by atoms with Gasteiger partial charge in [-0.2, -0.15) is 0 Å². The molecule has 0 aromatic carbocycles. The van der Waals surface area contributed by atoms with Gasteiger partial charge in [-0.1, -0.05) is 39.7 Å². The molecule has 0 aromatic heterocycles. The Morgan fingerprint density at radius 2 is 2.00 bits per heavy atom. The molecule has 0 unspecified atom stereocenters. The van der Waals surface area contributed by atoms with Gasteiger partial charge in [0.15, 0.2) is 12.1 Å². The molecule has 0 spiro atoms. The highest BCUT2D eigenvalue weighted by Gasteiger charge is 2.56. The average Bonchev–Trinajstić information content (AvgIpc) is 2.43. The van der Waals surface area contributed by atoms with Crippen LogP contribution in [0.15, 0.2) is 11.6 Å². The Morgan fingerprint density at radius 1 is 1.35 bits per heavy atom. The zero-order valence-electron chi connectivity index (χ0n) is 13.5. The Labute approximate surface area is 122 Å². The second-order valence-electron chi connectivity index (χ2n) is 6.91. The summed E-state index contributed by atoms with van der Waals surface area (Å²) in [4.78, 5) is 13.0. The Balaban J connectivity index is 2.28. The van der Waals surface area contributed by atoms with Crippen molar-refractivity contribution in [3.05, 3.63) is 11.6 Å². The second kappa shape index (κ2) is 5.61. The first-order valence-electron chi connectivity index (χ1n) is 7.68. The molecule has 0 radical (unpaired) electrons. The smallest absolute Gasteiger partial charge is 0.165 e. The standard InChI is InChI=1S/C17H28O3/c1-12-7-6-9-17(3)15(18)13(8-10-16(12,17)2)11-14(19-4)20-5/h8,12,14H,6-7,9-11H2,1-5H3/t12-,16+,17+/m0/s1. The number of hydrogen-bond donors (Lipinski definition) is 0. The SMILES string of the molecule is COC(CC1=CC[C@]2(C)[C@@H](C)CCC[C@]2(C)C1=O)OC. The van der Waals surface area contributed by atoms with E-state index < -0.39 is 0 Å². The lowest BCUT2D eigenvalue weighted by Crippen LogP contribution is -2.52. The molecule has 1 saturated carbocycles. The topological polar surface area (TPSA) is 35.5 Å². The van der Waals surface area contributed by atoms with Crippen molar-refractivity contribution in [1.82, 2.24) is 0 Å². The molecule has 3 heteroatoms. The van der Waals surface area contributed by atoms with Crippen LogP contribution in [0.1, 0.15) is 52.9 Å². The van der Waals surface area contributed by atoms with Crippen LogP contribution in [-0.2, 0) is 14.3 Å². The van der Waals surface area contributed by atoms with E-state index in [9.17, 15) is 4.79 Å². The van der Waals surface area contributed by atoms with E-state index >= 15 is 0 Å². The van der Waals surface area contributed by atoms with Gasteiger partial charge in [0.05, 0.1) is 0 Å². The lowest BCUT2D eigenvalue weighted by Gasteiger charge is -2.55. The number of carbonyl (C=O) groups is 1. The fourth-order valence-electron chi connectivity index (χ4n) is 4.11. The van der Waals surface area contributed by atoms with Crippen molar-refractivity contribution in [2.24, 2.45) is 16.7 Å². The van der Waals surface area contributed by atoms with Crippen LogP contribution in [0.5, 0.6) is 0 Å². The van der Waals surface area contributed by atoms with E-state index in [1.807, 2.05) is 0 Å².